The Morgan fingerprint density at radius 2 is 1.94 bits per heavy atom. The van der Waals surface area contributed by atoms with E-state index in [-0.39, 0.29) is 19.0 Å². The van der Waals surface area contributed by atoms with Crippen LogP contribution in [0.1, 0.15) is 50.2 Å². The number of aromatic nitrogens is 2. The van der Waals surface area contributed by atoms with Crippen molar-refractivity contribution in [1.29, 1.82) is 0 Å². The van der Waals surface area contributed by atoms with Gasteiger partial charge in [0, 0.05) is 22.7 Å². The molecule has 2 aromatic heterocycles. The largest absolute Gasteiger partial charge is 0.489 e. The molecule has 0 amide bonds. The molecule has 7 heteroatoms. The van der Waals surface area contributed by atoms with Gasteiger partial charge in [-0.2, -0.15) is 0 Å². The minimum Gasteiger partial charge on any atom is -0.489 e. The lowest BCUT2D eigenvalue weighted by Crippen LogP contribution is -2.14. The summed E-state index contributed by atoms with van der Waals surface area (Å²) in [7, 11) is 0. The lowest BCUT2D eigenvalue weighted by molar-refractivity contribution is 0.0474. The number of fused-ring (bicyclic) bond motifs is 1. The molecule has 2 aromatic carbocycles. The van der Waals surface area contributed by atoms with Crippen LogP contribution in [0.2, 0.25) is 0 Å². The summed E-state index contributed by atoms with van der Waals surface area (Å²) in [6.45, 7) is 5.66. The number of esters is 1. The molecule has 1 N–H and O–H groups in total. The first kappa shape index (κ1) is 21.4. The zero-order valence-corrected chi connectivity index (χ0v) is 18.2. The minimum absolute atomic E-state index is 0.260. The van der Waals surface area contributed by atoms with Gasteiger partial charge in [-0.15, -0.1) is 0 Å². The Morgan fingerprint density at radius 3 is 2.69 bits per heavy atom. The van der Waals surface area contributed by atoms with Gasteiger partial charge in [0.05, 0.1) is 16.8 Å². The fourth-order valence-electron chi connectivity index (χ4n) is 3.61. The molecule has 0 atom stereocenters. The summed E-state index contributed by atoms with van der Waals surface area (Å²) in [5, 5.41) is 4.73. The predicted molar refractivity (Wildman–Crippen MR) is 119 cm³/mol. The van der Waals surface area contributed by atoms with Crippen molar-refractivity contribution in [3.8, 4) is 5.75 Å². The maximum atomic E-state index is 12.7. The standard InChI is InChI=1S/C25H24N2O5/c1-4-17-7-6-10-20-21(12-26-24(17)20)23(28)14-31-25(29)18-8-5-9-19(11-18)30-13-22-15(2)27-32-16(22)3/h5-12,26H,4,13-14H2,1-3H3. The highest BCUT2D eigenvalue weighted by Gasteiger charge is 2.17. The van der Waals surface area contributed by atoms with Gasteiger partial charge in [-0.05, 0) is 44.0 Å². The van der Waals surface area contributed by atoms with Crippen LogP contribution in [0.15, 0.2) is 53.2 Å². The van der Waals surface area contributed by atoms with E-state index in [1.165, 1.54) is 0 Å². The van der Waals surface area contributed by atoms with E-state index in [0.29, 0.717) is 22.6 Å². The number of aromatic amines is 1. The van der Waals surface area contributed by atoms with E-state index in [9.17, 15) is 9.59 Å². The molecular formula is C25H24N2O5. The lowest BCUT2D eigenvalue weighted by atomic mass is 10.1. The Balaban J connectivity index is 1.40. The second-order valence-corrected chi connectivity index (χ2v) is 7.51. The number of ketones is 1. The predicted octanol–water partition coefficient (Wildman–Crippen LogP) is 4.95. The smallest absolute Gasteiger partial charge is 0.338 e. The molecule has 0 bridgehead atoms. The number of ether oxygens (including phenoxy) is 2. The molecule has 0 aliphatic carbocycles. The third kappa shape index (κ3) is 4.27. The molecule has 0 spiro atoms. The summed E-state index contributed by atoms with van der Waals surface area (Å²) in [5.41, 5.74) is 4.52. The number of hydrogen-bond donors (Lipinski definition) is 1. The quantitative estimate of drug-likeness (QED) is 0.313. The Hall–Kier alpha value is -3.87. The van der Waals surface area contributed by atoms with Crippen molar-refractivity contribution in [1.82, 2.24) is 10.1 Å². The van der Waals surface area contributed by atoms with Crippen LogP contribution in [-0.2, 0) is 17.8 Å². The van der Waals surface area contributed by atoms with Crippen molar-refractivity contribution in [3.63, 3.8) is 0 Å². The molecule has 0 radical (unpaired) electrons. The summed E-state index contributed by atoms with van der Waals surface area (Å²) in [6.07, 6.45) is 2.53. The summed E-state index contributed by atoms with van der Waals surface area (Å²) in [6, 6.07) is 12.5. The van der Waals surface area contributed by atoms with E-state index in [1.807, 2.05) is 32.0 Å². The van der Waals surface area contributed by atoms with Gasteiger partial charge < -0.3 is 19.0 Å². The summed E-state index contributed by atoms with van der Waals surface area (Å²) in [4.78, 5) is 28.4. The van der Waals surface area contributed by atoms with Crippen LogP contribution >= 0.6 is 0 Å². The van der Waals surface area contributed by atoms with Gasteiger partial charge in [0.2, 0.25) is 5.78 Å². The summed E-state index contributed by atoms with van der Waals surface area (Å²) >= 11 is 0. The summed E-state index contributed by atoms with van der Waals surface area (Å²) < 4.78 is 16.2. The number of para-hydroxylation sites is 1. The molecule has 2 heterocycles. The van der Waals surface area contributed by atoms with Gasteiger partial charge in [-0.3, -0.25) is 4.79 Å². The number of nitrogens with one attached hydrogen (secondary N) is 1. The topological polar surface area (TPSA) is 94.4 Å². The molecule has 4 rings (SSSR count). The van der Waals surface area contributed by atoms with Crippen LogP contribution < -0.4 is 4.74 Å². The molecule has 32 heavy (non-hydrogen) atoms. The lowest BCUT2D eigenvalue weighted by Gasteiger charge is -2.08. The SMILES string of the molecule is CCc1cccc2c(C(=O)COC(=O)c3cccc(OCc4c(C)noc4C)c3)c[nH]c12. The van der Waals surface area contributed by atoms with Crippen LogP contribution in [0.3, 0.4) is 0 Å². The molecule has 7 nitrogen and oxygen atoms in total. The van der Waals surface area contributed by atoms with Gasteiger partial charge in [-0.25, -0.2) is 4.79 Å². The molecule has 0 saturated carbocycles. The zero-order chi connectivity index (χ0) is 22.7. The maximum absolute atomic E-state index is 12.7. The Kier molecular flexibility index (Phi) is 6.07. The fourth-order valence-corrected chi connectivity index (χ4v) is 3.61. The Labute approximate surface area is 185 Å². The molecule has 0 aliphatic heterocycles. The molecule has 4 aromatic rings. The third-order valence-electron chi connectivity index (χ3n) is 5.45. The number of nitrogens with zero attached hydrogens (tertiary/aromatic N) is 1. The monoisotopic (exact) mass is 432 g/mol. The number of rotatable bonds is 8. The van der Waals surface area contributed by atoms with Gasteiger partial charge in [-0.1, -0.05) is 36.3 Å². The van der Waals surface area contributed by atoms with E-state index < -0.39 is 5.97 Å². The van der Waals surface area contributed by atoms with Crippen molar-refractivity contribution in [2.45, 2.75) is 33.8 Å². The van der Waals surface area contributed by atoms with Crippen LogP contribution in [0, 0.1) is 13.8 Å². The van der Waals surface area contributed by atoms with E-state index in [2.05, 4.69) is 17.1 Å². The van der Waals surface area contributed by atoms with E-state index >= 15 is 0 Å². The van der Waals surface area contributed by atoms with Gasteiger partial charge in [0.1, 0.15) is 18.1 Å². The first-order chi connectivity index (χ1) is 15.5. The van der Waals surface area contributed by atoms with Crippen molar-refractivity contribution in [3.05, 3.63) is 82.4 Å². The van der Waals surface area contributed by atoms with Crippen molar-refractivity contribution >= 4 is 22.7 Å². The van der Waals surface area contributed by atoms with E-state index in [4.69, 9.17) is 14.0 Å². The first-order valence-electron chi connectivity index (χ1n) is 10.4. The summed E-state index contributed by atoms with van der Waals surface area (Å²) in [5.74, 6) is 0.355. The average molecular weight is 432 g/mol. The van der Waals surface area contributed by atoms with Crippen LogP contribution in [0.5, 0.6) is 5.75 Å². The second kappa shape index (κ2) is 9.09. The Bertz CT molecular complexity index is 1270. The molecule has 0 aliphatic rings. The van der Waals surface area contributed by atoms with Crippen molar-refractivity contribution in [2.75, 3.05) is 6.61 Å². The number of carbonyl (C=O) groups is 2. The number of carbonyl (C=O) groups excluding carboxylic acids is 2. The first-order valence-corrected chi connectivity index (χ1v) is 10.4. The number of benzene rings is 2. The molecular weight excluding hydrogens is 408 g/mol. The normalized spacial score (nSPS) is 11.0. The van der Waals surface area contributed by atoms with Gasteiger partial charge in [0.15, 0.2) is 6.61 Å². The molecule has 0 unspecified atom stereocenters. The van der Waals surface area contributed by atoms with E-state index in [0.717, 1.165) is 34.1 Å². The Morgan fingerprint density at radius 1 is 1.12 bits per heavy atom. The van der Waals surface area contributed by atoms with Crippen molar-refractivity contribution < 1.29 is 23.6 Å². The van der Waals surface area contributed by atoms with Crippen LogP contribution in [0.4, 0.5) is 0 Å². The molecule has 0 fully saturated rings. The van der Waals surface area contributed by atoms with Crippen molar-refractivity contribution in [2.24, 2.45) is 0 Å². The van der Waals surface area contributed by atoms with E-state index in [1.54, 1.807) is 30.5 Å². The highest BCUT2D eigenvalue weighted by molar-refractivity contribution is 6.09. The second-order valence-electron chi connectivity index (χ2n) is 7.51. The minimum atomic E-state index is -0.588. The fraction of sp³-hybridized carbons (Fsp3) is 0.240. The third-order valence-corrected chi connectivity index (χ3v) is 5.45. The van der Waals surface area contributed by atoms with Gasteiger partial charge >= 0.3 is 5.97 Å². The number of hydrogen-bond acceptors (Lipinski definition) is 6. The van der Waals surface area contributed by atoms with Crippen LogP contribution in [0.25, 0.3) is 10.9 Å². The number of Topliss-reactive ketones (excluding diaryl/α,β-unsaturated/α-hetero) is 1. The molecule has 164 valence electrons. The number of aryl methyl sites for hydroxylation is 3. The van der Waals surface area contributed by atoms with Crippen LogP contribution in [-0.4, -0.2) is 28.5 Å². The number of H-pyrrole nitrogens is 1. The van der Waals surface area contributed by atoms with Gasteiger partial charge in [0.25, 0.3) is 0 Å². The zero-order valence-electron chi connectivity index (χ0n) is 18.2. The highest BCUT2D eigenvalue weighted by Crippen LogP contribution is 2.23. The highest BCUT2D eigenvalue weighted by atomic mass is 16.5. The molecule has 0 saturated heterocycles. The average Bonchev–Trinajstić information content (AvgIpc) is 3.39. The maximum Gasteiger partial charge on any atom is 0.338 e.